The molecular weight excluding hydrogens is 249 g/mol. The Hall–Kier alpha value is -2.63. The molecular formula is C13H12FN3O2. The molecule has 19 heavy (non-hydrogen) atoms. The van der Waals surface area contributed by atoms with Crippen LogP contribution >= 0.6 is 0 Å². The molecule has 1 heterocycles. The summed E-state index contributed by atoms with van der Waals surface area (Å²) in [4.78, 5) is 26.3. The van der Waals surface area contributed by atoms with Gasteiger partial charge in [-0.2, -0.15) is 0 Å². The molecule has 5 nitrogen and oxygen atoms in total. The predicted molar refractivity (Wildman–Crippen MR) is 70.6 cm³/mol. The predicted octanol–water partition coefficient (Wildman–Crippen LogP) is 1.66. The lowest BCUT2D eigenvalue weighted by Gasteiger charge is -2.07. The van der Waals surface area contributed by atoms with Gasteiger partial charge in [-0.3, -0.25) is 9.59 Å². The molecule has 1 aromatic carbocycles. The van der Waals surface area contributed by atoms with Gasteiger partial charge in [-0.25, -0.2) is 4.39 Å². The number of hydrogen-bond donors (Lipinski definition) is 3. The van der Waals surface area contributed by atoms with Gasteiger partial charge in [0, 0.05) is 18.0 Å². The molecule has 6 heteroatoms. The number of aryl methyl sites for hydroxylation is 1. The van der Waals surface area contributed by atoms with Gasteiger partial charge >= 0.3 is 0 Å². The molecule has 0 bridgehead atoms. The molecule has 0 saturated heterocycles. The molecule has 0 fully saturated rings. The van der Waals surface area contributed by atoms with Crippen molar-refractivity contribution in [3.05, 3.63) is 57.8 Å². The number of carbonyl (C=O) groups excluding carboxylic acids is 1. The van der Waals surface area contributed by atoms with Crippen molar-refractivity contribution in [3.8, 4) is 0 Å². The van der Waals surface area contributed by atoms with Crippen molar-refractivity contribution in [1.82, 2.24) is 4.98 Å². The maximum absolute atomic E-state index is 12.9. The van der Waals surface area contributed by atoms with Crippen LogP contribution < -0.4 is 16.5 Å². The molecule has 0 spiro atoms. The Morgan fingerprint density at radius 1 is 1.37 bits per heavy atom. The molecule has 2 aromatic rings. The minimum atomic E-state index is -0.598. The fourth-order valence-corrected chi connectivity index (χ4v) is 1.59. The van der Waals surface area contributed by atoms with Gasteiger partial charge < -0.3 is 16.0 Å². The average molecular weight is 261 g/mol. The SMILES string of the molecule is Cc1cc(=O)c(C(=O)Nc2ccc(F)cc2N)c[nH]1. The topological polar surface area (TPSA) is 88.0 Å². The summed E-state index contributed by atoms with van der Waals surface area (Å²) in [6.07, 6.45) is 1.33. The highest BCUT2D eigenvalue weighted by atomic mass is 19.1. The van der Waals surface area contributed by atoms with Crippen LogP contribution in [0.4, 0.5) is 15.8 Å². The lowest BCUT2D eigenvalue weighted by Crippen LogP contribution is -2.22. The van der Waals surface area contributed by atoms with Gasteiger partial charge in [-0.1, -0.05) is 0 Å². The standard InChI is InChI=1S/C13H12FN3O2/c1-7-4-12(18)9(6-16-7)13(19)17-11-3-2-8(14)5-10(11)15/h2-6H,15H2,1H3,(H,16,18)(H,17,19). The zero-order chi connectivity index (χ0) is 14.0. The Morgan fingerprint density at radius 2 is 2.11 bits per heavy atom. The number of nitrogen functional groups attached to an aromatic ring is 1. The normalized spacial score (nSPS) is 10.2. The first kappa shape index (κ1) is 12.8. The third-order valence-corrected chi connectivity index (χ3v) is 2.56. The number of nitrogens with one attached hydrogen (secondary N) is 2. The summed E-state index contributed by atoms with van der Waals surface area (Å²) in [5.41, 5.74) is 6.15. The van der Waals surface area contributed by atoms with Crippen LogP contribution in [0, 0.1) is 12.7 Å². The van der Waals surface area contributed by atoms with Gasteiger partial charge in [0.15, 0.2) is 5.43 Å². The fourth-order valence-electron chi connectivity index (χ4n) is 1.59. The summed E-state index contributed by atoms with van der Waals surface area (Å²) in [5, 5.41) is 2.46. The number of benzene rings is 1. The number of halogens is 1. The summed E-state index contributed by atoms with van der Waals surface area (Å²) >= 11 is 0. The van der Waals surface area contributed by atoms with Crippen molar-refractivity contribution in [2.45, 2.75) is 6.92 Å². The van der Waals surface area contributed by atoms with Crippen molar-refractivity contribution in [2.75, 3.05) is 11.1 Å². The van der Waals surface area contributed by atoms with E-state index in [0.717, 1.165) is 6.07 Å². The van der Waals surface area contributed by atoms with E-state index in [2.05, 4.69) is 10.3 Å². The van der Waals surface area contributed by atoms with Crippen molar-refractivity contribution in [1.29, 1.82) is 0 Å². The van der Waals surface area contributed by atoms with Crippen LogP contribution in [-0.2, 0) is 0 Å². The number of aromatic amines is 1. The number of rotatable bonds is 2. The minimum absolute atomic E-state index is 0.0330. The first-order valence-corrected chi connectivity index (χ1v) is 5.53. The van der Waals surface area contributed by atoms with Crippen molar-refractivity contribution in [3.63, 3.8) is 0 Å². The summed E-state index contributed by atoms with van der Waals surface area (Å²) in [5.74, 6) is -1.09. The van der Waals surface area contributed by atoms with Crippen molar-refractivity contribution < 1.29 is 9.18 Å². The molecule has 98 valence electrons. The third kappa shape index (κ3) is 2.79. The smallest absolute Gasteiger partial charge is 0.261 e. The second-order valence-electron chi connectivity index (χ2n) is 4.08. The van der Waals surface area contributed by atoms with Gasteiger partial charge in [-0.05, 0) is 25.1 Å². The maximum atomic E-state index is 12.9. The van der Waals surface area contributed by atoms with Gasteiger partial charge in [-0.15, -0.1) is 0 Å². The molecule has 0 aliphatic rings. The van der Waals surface area contributed by atoms with Crippen molar-refractivity contribution >= 4 is 17.3 Å². The summed E-state index contributed by atoms with van der Waals surface area (Å²) in [6, 6.07) is 4.92. The maximum Gasteiger partial charge on any atom is 0.261 e. The van der Waals surface area contributed by atoms with E-state index in [0.29, 0.717) is 5.69 Å². The molecule has 0 unspecified atom stereocenters. The van der Waals surface area contributed by atoms with E-state index >= 15 is 0 Å². The number of carbonyl (C=O) groups is 1. The Labute approximate surface area is 108 Å². The molecule has 0 radical (unpaired) electrons. The summed E-state index contributed by atoms with van der Waals surface area (Å²) in [6.45, 7) is 1.71. The first-order chi connectivity index (χ1) is 8.97. The summed E-state index contributed by atoms with van der Waals surface area (Å²) < 4.78 is 12.9. The Bertz CT molecular complexity index is 695. The van der Waals surface area contributed by atoms with Gasteiger partial charge in [0.1, 0.15) is 11.4 Å². The second-order valence-corrected chi connectivity index (χ2v) is 4.08. The van der Waals surface area contributed by atoms with Gasteiger partial charge in [0.25, 0.3) is 5.91 Å². The monoisotopic (exact) mass is 261 g/mol. The van der Waals surface area contributed by atoms with Crippen LogP contribution in [0.15, 0.2) is 35.3 Å². The molecule has 1 aromatic heterocycles. The highest BCUT2D eigenvalue weighted by Gasteiger charge is 2.12. The molecule has 2 rings (SSSR count). The van der Waals surface area contributed by atoms with E-state index in [1.54, 1.807) is 6.92 Å². The first-order valence-electron chi connectivity index (χ1n) is 5.53. The molecule has 0 saturated carbocycles. The van der Waals surface area contributed by atoms with E-state index in [-0.39, 0.29) is 16.9 Å². The van der Waals surface area contributed by atoms with Gasteiger partial charge in [0.05, 0.1) is 11.4 Å². The number of H-pyrrole nitrogens is 1. The van der Waals surface area contributed by atoms with E-state index in [1.165, 1.54) is 24.4 Å². The number of aromatic nitrogens is 1. The Morgan fingerprint density at radius 3 is 2.74 bits per heavy atom. The molecule has 1 amide bonds. The van der Waals surface area contributed by atoms with Crippen LogP contribution in [0.25, 0.3) is 0 Å². The minimum Gasteiger partial charge on any atom is -0.397 e. The number of amides is 1. The van der Waals surface area contributed by atoms with Gasteiger partial charge in [0.2, 0.25) is 0 Å². The third-order valence-electron chi connectivity index (χ3n) is 2.56. The number of pyridine rings is 1. The molecule has 4 N–H and O–H groups in total. The number of nitrogens with two attached hydrogens (primary N) is 1. The fraction of sp³-hybridized carbons (Fsp3) is 0.0769. The lowest BCUT2D eigenvalue weighted by molar-refractivity contribution is 0.102. The highest BCUT2D eigenvalue weighted by Crippen LogP contribution is 2.19. The van der Waals surface area contributed by atoms with Crippen LogP contribution in [0.1, 0.15) is 16.1 Å². The Kier molecular flexibility index (Phi) is 3.33. The molecule has 0 aliphatic carbocycles. The number of hydrogen-bond acceptors (Lipinski definition) is 3. The van der Waals surface area contributed by atoms with Crippen molar-refractivity contribution in [2.24, 2.45) is 0 Å². The molecule has 0 aliphatic heterocycles. The molecule has 0 atom stereocenters. The lowest BCUT2D eigenvalue weighted by atomic mass is 10.2. The largest absolute Gasteiger partial charge is 0.397 e. The van der Waals surface area contributed by atoms with E-state index in [9.17, 15) is 14.0 Å². The van der Waals surface area contributed by atoms with E-state index < -0.39 is 17.2 Å². The van der Waals surface area contributed by atoms with Crippen LogP contribution in [-0.4, -0.2) is 10.9 Å². The quantitative estimate of drug-likeness (QED) is 0.718. The van der Waals surface area contributed by atoms with Crippen LogP contribution in [0.2, 0.25) is 0 Å². The average Bonchev–Trinajstić information content (AvgIpc) is 2.32. The van der Waals surface area contributed by atoms with E-state index in [4.69, 9.17) is 5.73 Å². The number of anilines is 2. The Balaban J connectivity index is 2.28. The zero-order valence-corrected chi connectivity index (χ0v) is 10.2. The van der Waals surface area contributed by atoms with E-state index in [1.807, 2.05) is 0 Å². The second kappa shape index (κ2) is 4.93. The highest BCUT2D eigenvalue weighted by molar-refractivity contribution is 6.05. The zero-order valence-electron chi connectivity index (χ0n) is 10.2. The van der Waals surface area contributed by atoms with Crippen LogP contribution in [0.3, 0.4) is 0 Å². The summed E-state index contributed by atoms with van der Waals surface area (Å²) in [7, 11) is 0. The van der Waals surface area contributed by atoms with Crippen LogP contribution in [0.5, 0.6) is 0 Å².